The highest BCUT2D eigenvalue weighted by Crippen LogP contribution is 2.19. The average Bonchev–Trinajstić information content (AvgIpc) is 3.29. The van der Waals surface area contributed by atoms with Gasteiger partial charge in [-0.1, -0.05) is 12.1 Å². The molecule has 0 amide bonds. The highest BCUT2D eigenvalue weighted by molar-refractivity contribution is 5.79. The van der Waals surface area contributed by atoms with E-state index in [2.05, 4.69) is 25.6 Å². The van der Waals surface area contributed by atoms with Crippen LogP contribution in [0.25, 0.3) is 5.82 Å². The molecule has 0 radical (unpaired) electrons. The Morgan fingerprint density at radius 1 is 1.21 bits per heavy atom. The first-order chi connectivity index (χ1) is 14.2. The van der Waals surface area contributed by atoms with E-state index < -0.39 is 0 Å². The molecule has 8 nitrogen and oxygen atoms in total. The van der Waals surface area contributed by atoms with Gasteiger partial charge < -0.3 is 20.1 Å². The molecule has 0 saturated carbocycles. The maximum absolute atomic E-state index is 5.92. The first-order valence-electron chi connectivity index (χ1n) is 9.36. The zero-order chi connectivity index (χ0) is 20.5. The number of rotatable bonds is 8. The summed E-state index contributed by atoms with van der Waals surface area (Å²) >= 11 is 0. The van der Waals surface area contributed by atoms with Crippen molar-refractivity contribution in [3.63, 3.8) is 0 Å². The van der Waals surface area contributed by atoms with Crippen LogP contribution in [0.2, 0.25) is 0 Å². The molecule has 1 unspecified atom stereocenters. The number of nitrogens with zero attached hydrogens (tertiary/aromatic N) is 4. The Bertz CT molecular complexity index is 909. The molecule has 1 atom stereocenters. The van der Waals surface area contributed by atoms with Gasteiger partial charge in [0.25, 0.3) is 0 Å². The number of guanidine groups is 1. The summed E-state index contributed by atoms with van der Waals surface area (Å²) in [5, 5.41) is 6.55. The number of ether oxygens (including phenoxy) is 2. The summed E-state index contributed by atoms with van der Waals surface area (Å²) in [5.74, 6) is 3.07. The van der Waals surface area contributed by atoms with Crippen LogP contribution in [0, 0.1) is 0 Å². The molecule has 0 aliphatic carbocycles. The molecule has 152 valence electrons. The van der Waals surface area contributed by atoms with Gasteiger partial charge in [-0.05, 0) is 30.7 Å². The van der Waals surface area contributed by atoms with Gasteiger partial charge in [0.1, 0.15) is 29.7 Å². The SMILES string of the molecule is CN=C(NCc1ccc(-n2ccnc2)nc1)NCC(C)Oc1cccc(OC)c1. The second-order valence-electron chi connectivity index (χ2n) is 6.41. The monoisotopic (exact) mass is 394 g/mol. The summed E-state index contributed by atoms with van der Waals surface area (Å²) in [6, 6.07) is 11.5. The van der Waals surface area contributed by atoms with E-state index in [9.17, 15) is 0 Å². The fourth-order valence-corrected chi connectivity index (χ4v) is 2.66. The Labute approximate surface area is 170 Å². The number of hydrogen-bond acceptors (Lipinski definition) is 5. The number of benzene rings is 1. The van der Waals surface area contributed by atoms with E-state index in [1.165, 1.54) is 0 Å². The van der Waals surface area contributed by atoms with Gasteiger partial charge in [0, 0.05) is 38.2 Å². The summed E-state index contributed by atoms with van der Waals surface area (Å²) in [6.07, 6.45) is 7.11. The third kappa shape index (κ3) is 5.97. The summed E-state index contributed by atoms with van der Waals surface area (Å²) in [5.41, 5.74) is 1.05. The zero-order valence-electron chi connectivity index (χ0n) is 16.9. The topological polar surface area (TPSA) is 85.6 Å². The van der Waals surface area contributed by atoms with E-state index in [-0.39, 0.29) is 6.10 Å². The average molecular weight is 394 g/mol. The van der Waals surface area contributed by atoms with Crippen LogP contribution < -0.4 is 20.1 Å². The second kappa shape index (κ2) is 10.1. The van der Waals surface area contributed by atoms with E-state index in [1.54, 1.807) is 26.7 Å². The molecule has 0 bridgehead atoms. The van der Waals surface area contributed by atoms with E-state index >= 15 is 0 Å². The minimum absolute atomic E-state index is 0.0446. The lowest BCUT2D eigenvalue weighted by atomic mass is 10.3. The Kier molecular flexibility index (Phi) is 7.05. The van der Waals surface area contributed by atoms with Crippen LogP contribution in [0.3, 0.4) is 0 Å². The van der Waals surface area contributed by atoms with Gasteiger partial charge in [-0.15, -0.1) is 0 Å². The standard InChI is InChI=1S/C21H26N6O2/c1-16(29-19-6-4-5-18(11-19)28-3)12-25-21(22-2)26-14-17-7-8-20(24-13-17)27-10-9-23-15-27/h4-11,13,15-16H,12,14H2,1-3H3,(H2,22,25,26). The van der Waals surface area contributed by atoms with E-state index in [0.29, 0.717) is 19.0 Å². The number of imidazole rings is 1. The Morgan fingerprint density at radius 2 is 2.07 bits per heavy atom. The zero-order valence-corrected chi connectivity index (χ0v) is 16.9. The largest absolute Gasteiger partial charge is 0.497 e. The van der Waals surface area contributed by atoms with Crippen molar-refractivity contribution in [3.8, 4) is 17.3 Å². The smallest absolute Gasteiger partial charge is 0.191 e. The summed E-state index contributed by atoms with van der Waals surface area (Å²) in [7, 11) is 3.38. The molecule has 0 aliphatic rings. The number of pyridine rings is 1. The first-order valence-corrected chi connectivity index (χ1v) is 9.36. The van der Waals surface area contributed by atoms with Crippen molar-refractivity contribution in [2.24, 2.45) is 4.99 Å². The van der Waals surface area contributed by atoms with Crippen molar-refractivity contribution in [2.75, 3.05) is 20.7 Å². The van der Waals surface area contributed by atoms with Crippen LogP contribution in [0.15, 0.2) is 66.3 Å². The molecule has 2 aromatic heterocycles. The van der Waals surface area contributed by atoms with Crippen LogP contribution in [-0.4, -0.2) is 47.3 Å². The van der Waals surface area contributed by atoms with Gasteiger partial charge in [-0.25, -0.2) is 9.97 Å². The Balaban J connectivity index is 1.45. The van der Waals surface area contributed by atoms with Crippen molar-refractivity contribution in [1.29, 1.82) is 0 Å². The van der Waals surface area contributed by atoms with Crippen LogP contribution in [-0.2, 0) is 6.54 Å². The van der Waals surface area contributed by atoms with Crippen LogP contribution in [0.4, 0.5) is 0 Å². The maximum Gasteiger partial charge on any atom is 0.191 e. The lowest BCUT2D eigenvalue weighted by Crippen LogP contribution is -2.41. The van der Waals surface area contributed by atoms with Gasteiger partial charge in [-0.3, -0.25) is 9.56 Å². The summed E-state index contributed by atoms with van der Waals surface area (Å²) < 4.78 is 13.0. The molecule has 1 aromatic carbocycles. The molecule has 3 rings (SSSR count). The molecule has 0 saturated heterocycles. The molecule has 2 heterocycles. The normalized spacial score (nSPS) is 12.3. The molecule has 0 aliphatic heterocycles. The predicted molar refractivity (Wildman–Crippen MR) is 113 cm³/mol. The molecule has 0 fully saturated rings. The number of nitrogens with one attached hydrogen (secondary N) is 2. The van der Waals surface area contributed by atoms with E-state index in [0.717, 1.165) is 22.9 Å². The lowest BCUT2D eigenvalue weighted by molar-refractivity contribution is 0.223. The third-order valence-electron chi connectivity index (χ3n) is 4.20. The Morgan fingerprint density at radius 3 is 2.76 bits per heavy atom. The lowest BCUT2D eigenvalue weighted by Gasteiger charge is -2.18. The molecule has 0 spiro atoms. The predicted octanol–water partition coefficient (Wildman–Crippen LogP) is 2.41. The molecule has 29 heavy (non-hydrogen) atoms. The molecule has 3 aromatic rings. The summed E-state index contributed by atoms with van der Waals surface area (Å²) in [4.78, 5) is 12.7. The van der Waals surface area contributed by atoms with Crippen molar-refractivity contribution >= 4 is 5.96 Å². The highest BCUT2D eigenvalue weighted by Gasteiger charge is 2.07. The third-order valence-corrected chi connectivity index (χ3v) is 4.20. The number of methoxy groups -OCH3 is 1. The van der Waals surface area contributed by atoms with Crippen LogP contribution in [0.1, 0.15) is 12.5 Å². The number of hydrogen-bond donors (Lipinski definition) is 2. The molecule has 2 N–H and O–H groups in total. The fourth-order valence-electron chi connectivity index (χ4n) is 2.66. The van der Waals surface area contributed by atoms with Crippen LogP contribution in [0.5, 0.6) is 11.5 Å². The minimum atomic E-state index is -0.0446. The first kappa shape index (κ1) is 20.2. The van der Waals surface area contributed by atoms with Crippen LogP contribution >= 0.6 is 0 Å². The highest BCUT2D eigenvalue weighted by atomic mass is 16.5. The Hall–Kier alpha value is -3.55. The number of aliphatic imine (C=N–C) groups is 1. The molecular weight excluding hydrogens is 368 g/mol. The fraction of sp³-hybridized carbons (Fsp3) is 0.286. The maximum atomic E-state index is 5.92. The van der Waals surface area contributed by atoms with Crippen molar-refractivity contribution in [3.05, 3.63) is 66.9 Å². The van der Waals surface area contributed by atoms with Gasteiger partial charge in [0.2, 0.25) is 0 Å². The number of aromatic nitrogens is 3. The van der Waals surface area contributed by atoms with Gasteiger partial charge in [-0.2, -0.15) is 0 Å². The second-order valence-corrected chi connectivity index (χ2v) is 6.41. The molecular formula is C21H26N6O2. The quantitative estimate of drug-likeness (QED) is 0.451. The molecule has 8 heteroatoms. The van der Waals surface area contributed by atoms with E-state index in [4.69, 9.17) is 9.47 Å². The van der Waals surface area contributed by atoms with Gasteiger partial charge in [0.15, 0.2) is 5.96 Å². The summed E-state index contributed by atoms with van der Waals surface area (Å²) in [6.45, 7) is 3.22. The van der Waals surface area contributed by atoms with Crippen molar-refractivity contribution in [2.45, 2.75) is 19.6 Å². The van der Waals surface area contributed by atoms with Crippen molar-refractivity contribution < 1.29 is 9.47 Å². The minimum Gasteiger partial charge on any atom is -0.497 e. The van der Waals surface area contributed by atoms with E-state index in [1.807, 2.05) is 60.3 Å². The van der Waals surface area contributed by atoms with Gasteiger partial charge >= 0.3 is 0 Å². The van der Waals surface area contributed by atoms with Crippen molar-refractivity contribution in [1.82, 2.24) is 25.2 Å². The van der Waals surface area contributed by atoms with Gasteiger partial charge in [0.05, 0.1) is 13.7 Å².